The third-order valence-electron chi connectivity index (χ3n) is 2.73. The summed E-state index contributed by atoms with van der Waals surface area (Å²) >= 11 is 0. The predicted octanol–water partition coefficient (Wildman–Crippen LogP) is 1.52. The monoisotopic (exact) mass is 217 g/mol. The van der Waals surface area contributed by atoms with E-state index in [0.29, 0.717) is 0 Å². The highest BCUT2D eigenvalue weighted by atomic mass is 16.5. The lowest BCUT2D eigenvalue weighted by atomic mass is 9.98. The maximum absolute atomic E-state index is 11.0. The van der Waals surface area contributed by atoms with Gasteiger partial charge in [0.25, 0.3) is 0 Å². The van der Waals surface area contributed by atoms with Crippen molar-refractivity contribution < 1.29 is 9.53 Å². The zero-order valence-electron chi connectivity index (χ0n) is 9.32. The zero-order chi connectivity index (χ0) is 11.4. The lowest BCUT2D eigenvalue weighted by molar-refractivity contribution is -0.134. The van der Waals surface area contributed by atoms with Crippen LogP contribution in [0.4, 0.5) is 0 Å². The summed E-state index contributed by atoms with van der Waals surface area (Å²) < 4.78 is 4.55. The Labute approximate surface area is 95.1 Å². The minimum Gasteiger partial charge on any atom is -0.466 e. The summed E-state index contributed by atoms with van der Waals surface area (Å²) in [7, 11) is 1.38. The second-order valence-corrected chi connectivity index (χ2v) is 3.81. The number of carbonyl (C=O) groups excluding carboxylic acids is 1. The molecule has 2 rings (SSSR count). The second-order valence-electron chi connectivity index (χ2n) is 3.81. The van der Waals surface area contributed by atoms with E-state index in [9.17, 15) is 4.79 Å². The molecule has 1 N–H and O–H groups in total. The largest absolute Gasteiger partial charge is 0.466 e. The summed E-state index contributed by atoms with van der Waals surface area (Å²) in [5, 5.41) is 3.33. The van der Waals surface area contributed by atoms with Crippen molar-refractivity contribution in [3.05, 3.63) is 41.0 Å². The predicted molar refractivity (Wildman–Crippen MR) is 62.9 cm³/mol. The third-order valence-corrected chi connectivity index (χ3v) is 2.73. The van der Waals surface area contributed by atoms with Crippen LogP contribution in [0, 0.1) is 0 Å². The first-order chi connectivity index (χ1) is 7.79. The molecule has 0 saturated heterocycles. The molecule has 1 aliphatic rings. The quantitative estimate of drug-likeness (QED) is 0.603. The summed E-state index contributed by atoms with van der Waals surface area (Å²) in [6, 6.07) is 6.26. The smallest absolute Gasteiger partial charge is 0.330 e. The Bertz CT molecular complexity index is 424. The standard InChI is InChI=1S/C13H15NO2/c1-16-13(15)5-3-10-2-4-12-9-14-7-6-11(12)8-10/h2-5,8,14H,6-7,9H2,1H3. The van der Waals surface area contributed by atoms with Gasteiger partial charge in [-0.05, 0) is 35.7 Å². The molecule has 3 nitrogen and oxygen atoms in total. The van der Waals surface area contributed by atoms with Crippen LogP contribution in [0.15, 0.2) is 24.3 Å². The molecule has 0 unspecified atom stereocenters. The Morgan fingerprint density at radius 2 is 2.31 bits per heavy atom. The van der Waals surface area contributed by atoms with Crippen molar-refractivity contribution in [3.63, 3.8) is 0 Å². The first-order valence-electron chi connectivity index (χ1n) is 5.38. The molecular formula is C13H15NO2. The van der Waals surface area contributed by atoms with E-state index in [1.165, 1.54) is 24.3 Å². The van der Waals surface area contributed by atoms with E-state index < -0.39 is 0 Å². The zero-order valence-corrected chi connectivity index (χ0v) is 9.32. The Balaban J connectivity index is 2.17. The lowest BCUT2D eigenvalue weighted by Crippen LogP contribution is -2.23. The van der Waals surface area contributed by atoms with Gasteiger partial charge in [-0.25, -0.2) is 4.79 Å². The van der Waals surface area contributed by atoms with Crippen molar-refractivity contribution >= 4 is 12.0 Å². The normalized spacial score (nSPS) is 14.8. The van der Waals surface area contributed by atoms with Crippen molar-refractivity contribution in [1.82, 2.24) is 5.32 Å². The van der Waals surface area contributed by atoms with Gasteiger partial charge in [-0.15, -0.1) is 0 Å². The van der Waals surface area contributed by atoms with Crippen LogP contribution in [0.2, 0.25) is 0 Å². The third kappa shape index (κ3) is 2.49. The highest BCUT2D eigenvalue weighted by Crippen LogP contribution is 2.16. The average molecular weight is 217 g/mol. The van der Waals surface area contributed by atoms with Crippen LogP contribution in [0.5, 0.6) is 0 Å². The number of rotatable bonds is 2. The topological polar surface area (TPSA) is 38.3 Å². The molecule has 1 aromatic rings. The van der Waals surface area contributed by atoms with Crippen molar-refractivity contribution in [2.24, 2.45) is 0 Å². The summed E-state index contributed by atoms with van der Waals surface area (Å²) in [5.41, 5.74) is 3.76. The summed E-state index contributed by atoms with van der Waals surface area (Å²) in [6.07, 6.45) is 4.28. The SMILES string of the molecule is COC(=O)C=Cc1ccc2c(c1)CCNC2. The van der Waals surface area contributed by atoms with E-state index in [2.05, 4.69) is 22.2 Å². The number of carbonyl (C=O) groups is 1. The van der Waals surface area contributed by atoms with Gasteiger partial charge in [0.2, 0.25) is 0 Å². The molecule has 3 heteroatoms. The van der Waals surface area contributed by atoms with Crippen molar-refractivity contribution in [2.45, 2.75) is 13.0 Å². The molecule has 84 valence electrons. The fourth-order valence-electron chi connectivity index (χ4n) is 1.83. The van der Waals surface area contributed by atoms with Gasteiger partial charge in [0.15, 0.2) is 0 Å². The summed E-state index contributed by atoms with van der Waals surface area (Å²) in [5.74, 6) is -0.320. The molecule has 0 fully saturated rings. The number of ether oxygens (including phenoxy) is 1. The van der Waals surface area contributed by atoms with E-state index in [-0.39, 0.29) is 5.97 Å². The van der Waals surface area contributed by atoms with Gasteiger partial charge in [0, 0.05) is 12.6 Å². The van der Waals surface area contributed by atoms with E-state index in [1.807, 2.05) is 6.07 Å². The maximum Gasteiger partial charge on any atom is 0.330 e. The minimum atomic E-state index is -0.320. The highest BCUT2D eigenvalue weighted by Gasteiger charge is 2.07. The highest BCUT2D eigenvalue weighted by molar-refractivity contribution is 5.86. The van der Waals surface area contributed by atoms with Crippen molar-refractivity contribution in [2.75, 3.05) is 13.7 Å². The molecule has 0 amide bonds. The minimum absolute atomic E-state index is 0.320. The molecule has 0 saturated carbocycles. The molecule has 0 spiro atoms. The van der Waals surface area contributed by atoms with Gasteiger partial charge in [-0.3, -0.25) is 0 Å². The number of esters is 1. The number of nitrogens with one attached hydrogen (secondary N) is 1. The van der Waals surface area contributed by atoms with Crippen LogP contribution < -0.4 is 5.32 Å². The van der Waals surface area contributed by atoms with Crippen LogP contribution in [0.1, 0.15) is 16.7 Å². The van der Waals surface area contributed by atoms with Crippen LogP contribution in [0.3, 0.4) is 0 Å². The molecular weight excluding hydrogens is 202 g/mol. The van der Waals surface area contributed by atoms with Gasteiger partial charge in [-0.1, -0.05) is 18.2 Å². The van der Waals surface area contributed by atoms with Gasteiger partial charge < -0.3 is 10.1 Å². The van der Waals surface area contributed by atoms with E-state index in [1.54, 1.807) is 6.08 Å². The molecule has 0 aromatic heterocycles. The van der Waals surface area contributed by atoms with Crippen molar-refractivity contribution in [1.29, 1.82) is 0 Å². The van der Waals surface area contributed by atoms with Gasteiger partial charge in [0.1, 0.15) is 0 Å². The van der Waals surface area contributed by atoms with E-state index >= 15 is 0 Å². The average Bonchev–Trinajstić information content (AvgIpc) is 2.35. The number of fused-ring (bicyclic) bond motifs is 1. The number of hydrogen-bond acceptors (Lipinski definition) is 3. The molecule has 16 heavy (non-hydrogen) atoms. The Morgan fingerprint density at radius 1 is 1.44 bits per heavy atom. The summed E-state index contributed by atoms with van der Waals surface area (Å²) in [4.78, 5) is 11.0. The second kappa shape index (κ2) is 4.94. The van der Waals surface area contributed by atoms with Crippen LogP contribution in [-0.4, -0.2) is 19.6 Å². The Kier molecular flexibility index (Phi) is 3.37. The molecule has 0 bridgehead atoms. The van der Waals surface area contributed by atoms with Crippen LogP contribution in [-0.2, 0) is 22.5 Å². The lowest BCUT2D eigenvalue weighted by Gasteiger charge is -2.17. The summed E-state index contributed by atoms with van der Waals surface area (Å²) in [6.45, 7) is 1.97. The van der Waals surface area contributed by atoms with Gasteiger partial charge in [0.05, 0.1) is 7.11 Å². The molecule has 1 heterocycles. The number of methoxy groups -OCH3 is 1. The Hall–Kier alpha value is -1.61. The number of hydrogen-bond donors (Lipinski definition) is 1. The molecule has 0 atom stereocenters. The fraction of sp³-hybridized carbons (Fsp3) is 0.308. The van der Waals surface area contributed by atoms with Gasteiger partial charge in [-0.2, -0.15) is 0 Å². The van der Waals surface area contributed by atoms with Gasteiger partial charge >= 0.3 is 5.97 Å². The molecule has 1 aromatic carbocycles. The molecule has 1 aliphatic heterocycles. The van der Waals surface area contributed by atoms with Crippen molar-refractivity contribution in [3.8, 4) is 0 Å². The maximum atomic E-state index is 11.0. The number of benzene rings is 1. The van der Waals surface area contributed by atoms with Crippen LogP contribution in [0.25, 0.3) is 6.08 Å². The van der Waals surface area contributed by atoms with Crippen LogP contribution >= 0.6 is 0 Å². The molecule has 0 radical (unpaired) electrons. The first kappa shape index (κ1) is 10.9. The van der Waals surface area contributed by atoms with E-state index in [4.69, 9.17) is 0 Å². The first-order valence-corrected chi connectivity index (χ1v) is 5.38. The molecule has 0 aliphatic carbocycles. The fourth-order valence-corrected chi connectivity index (χ4v) is 1.83. The Morgan fingerprint density at radius 3 is 3.12 bits per heavy atom. The van der Waals surface area contributed by atoms with E-state index in [0.717, 1.165) is 25.1 Å².